The Labute approximate surface area is 531 Å². The summed E-state index contributed by atoms with van der Waals surface area (Å²) in [5.41, 5.74) is 0. The van der Waals surface area contributed by atoms with Gasteiger partial charge in [-0.2, -0.15) is 0 Å². The summed E-state index contributed by atoms with van der Waals surface area (Å²) in [5.74, 6) is 2.86. The molecule has 4 N–H and O–H groups in total. The molecule has 0 aromatic carbocycles. The zero-order valence-electron chi connectivity index (χ0n) is 55.3. The lowest BCUT2D eigenvalue weighted by molar-refractivity contribution is -0.146. The highest BCUT2D eigenvalue weighted by molar-refractivity contribution is 8.76. The first-order valence-corrected chi connectivity index (χ1v) is 36.9. The number of aliphatic hydroxyl groups excluding tert-OH is 4. The van der Waals surface area contributed by atoms with E-state index in [0.717, 1.165) is 192 Å². The number of nitrogens with zero attached hydrogens (tertiary/aromatic N) is 4. The molecule has 0 saturated carbocycles. The van der Waals surface area contributed by atoms with Crippen molar-refractivity contribution in [3.8, 4) is 0 Å². The van der Waals surface area contributed by atoms with Crippen molar-refractivity contribution in [3.05, 3.63) is 0 Å². The molecule has 1 rings (SSSR count). The van der Waals surface area contributed by atoms with Gasteiger partial charge in [-0.25, -0.2) is 0 Å². The Balaban J connectivity index is 2.44. The van der Waals surface area contributed by atoms with Crippen LogP contribution in [-0.4, -0.2) is 211 Å². The van der Waals surface area contributed by atoms with Crippen molar-refractivity contribution in [1.82, 2.24) is 19.6 Å². The summed E-state index contributed by atoms with van der Waals surface area (Å²) in [4.78, 5) is 68.9. The molecule has 1 heterocycles. The molecule has 4 atom stereocenters. The summed E-state index contributed by atoms with van der Waals surface area (Å²) in [6.45, 7) is 23.3. The van der Waals surface area contributed by atoms with Crippen LogP contribution < -0.4 is 0 Å². The van der Waals surface area contributed by atoms with Crippen LogP contribution in [0.2, 0.25) is 0 Å². The third kappa shape index (κ3) is 51.6. The number of hydrogen-bond acceptors (Lipinski definition) is 19. The molecule has 0 spiro atoms. The van der Waals surface area contributed by atoms with Gasteiger partial charge in [-0.3, -0.25) is 38.8 Å². The predicted molar refractivity (Wildman–Crippen MR) is 352 cm³/mol. The molecule has 0 aromatic heterocycles. The summed E-state index contributed by atoms with van der Waals surface area (Å²) in [6, 6.07) is 0. The minimum atomic E-state index is -0.554. The van der Waals surface area contributed by atoms with Crippen molar-refractivity contribution in [3.63, 3.8) is 0 Å². The Hall–Kier alpha value is -2.07. The second-order valence-corrected chi connectivity index (χ2v) is 28.0. The topological polar surface area (TPSA) is 216 Å². The molecule has 17 nitrogen and oxygen atoms in total. The fourth-order valence-corrected chi connectivity index (χ4v) is 12.6. The molecular formula is C67H128N4O13S2. The maximum absolute atomic E-state index is 12.9. The minimum absolute atomic E-state index is 0.122. The first-order valence-electron chi connectivity index (χ1n) is 34.4. The molecular weight excluding hydrogens is 1130 g/mol. The van der Waals surface area contributed by atoms with E-state index in [-0.39, 0.29) is 30.3 Å². The number of ether oxygens (including phenoxy) is 4. The second-order valence-electron chi connectivity index (χ2n) is 25.3. The maximum atomic E-state index is 12.9. The van der Waals surface area contributed by atoms with Crippen LogP contribution in [0, 0.1) is 17.8 Å². The van der Waals surface area contributed by atoms with Gasteiger partial charge in [-0.15, -0.1) is 0 Å². The lowest BCUT2D eigenvalue weighted by Gasteiger charge is -2.34. The molecule has 19 heteroatoms. The van der Waals surface area contributed by atoms with Crippen LogP contribution in [0.1, 0.15) is 241 Å². The highest BCUT2D eigenvalue weighted by atomic mass is 33.1. The number of unbranched alkanes of at least 4 members (excludes halogenated alkanes) is 13. The Kier molecular flexibility index (Phi) is 54.2. The number of aldehydes is 1. The van der Waals surface area contributed by atoms with Crippen LogP contribution in [0.4, 0.5) is 0 Å². The van der Waals surface area contributed by atoms with Crippen LogP contribution in [0.5, 0.6) is 0 Å². The molecule has 0 bridgehead atoms. The Morgan fingerprint density at radius 2 is 0.802 bits per heavy atom. The van der Waals surface area contributed by atoms with Crippen molar-refractivity contribution < 1.29 is 63.3 Å². The van der Waals surface area contributed by atoms with E-state index in [2.05, 4.69) is 61.1 Å². The Morgan fingerprint density at radius 1 is 0.442 bits per heavy atom. The predicted octanol–water partition coefficient (Wildman–Crippen LogP) is 11.5. The van der Waals surface area contributed by atoms with Crippen LogP contribution in [0.3, 0.4) is 0 Å². The normalized spacial score (nSPS) is 14.8. The first kappa shape index (κ1) is 81.9. The quantitative estimate of drug-likeness (QED) is 0.0146. The molecule has 506 valence electrons. The maximum Gasteiger partial charge on any atom is 0.305 e. The number of piperazine rings is 1. The molecule has 0 radical (unpaired) electrons. The van der Waals surface area contributed by atoms with Gasteiger partial charge in [0.15, 0.2) is 0 Å². The number of rotatable bonds is 61. The van der Waals surface area contributed by atoms with E-state index in [0.29, 0.717) is 141 Å². The standard InChI is InChI=1S/C67H128N4O13S2/c1-7-59(8-2)56-84-67(80)34-24-16-13-21-29-61(74)53-70(52-60(73)28-18-10-9-17-25-46-72)38-26-35-66(79)83-49-44-68-40-42-69(43-41-68)45-51-86-85-50-27-39-71(54-62(75)30-19-11-14-22-32-64(77)81-47-36-57(3)4)55-63(76)31-20-12-15-23-33-65(78)82-48-37-58(5)6/h46,57-63,73-76H,7-45,47-56H2,1-6H3. The smallest absolute Gasteiger partial charge is 0.305 e. The molecule has 1 fully saturated rings. The van der Waals surface area contributed by atoms with Gasteiger partial charge < -0.3 is 44.2 Å². The van der Waals surface area contributed by atoms with Gasteiger partial charge in [0.1, 0.15) is 12.9 Å². The van der Waals surface area contributed by atoms with Crippen LogP contribution >= 0.6 is 21.6 Å². The first-order chi connectivity index (χ1) is 41.5. The SMILES string of the molecule is CCC(CC)COC(=O)CCCCCCC(O)CN(CCCC(=O)OCCN1CCN(CCSSCCCN(CC(O)CCCCCCC(=O)OCCC(C)C)CC(O)CCCCCCC(=O)OCCC(C)C)CC1)CC(O)CCCCCCC=O. The van der Waals surface area contributed by atoms with Crippen LogP contribution in [0.15, 0.2) is 0 Å². The highest BCUT2D eigenvalue weighted by Crippen LogP contribution is 2.23. The van der Waals surface area contributed by atoms with Crippen LogP contribution in [0.25, 0.3) is 0 Å². The van der Waals surface area contributed by atoms with Crippen molar-refractivity contribution >= 4 is 51.8 Å². The van der Waals surface area contributed by atoms with E-state index in [1.165, 1.54) is 0 Å². The van der Waals surface area contributed by atoms with Crippen molar-refractivity contribution in [2.24, 2.45) is 17.8 Å². The van der Waals surface area contributed by atoms with E-state index in [1.54, 1.807) is 0 Å². The summed E-state index contributed by atoms with van der Waals surface area (Å²) in [6.07, 6.45) is 23.4. The van der Waals surface area contributed by atoms with Gasteiger partial charge in [0, 0.05) is 109 Å². The third-order valence-corrected chi connectivity index (χ3v) is 18.8. The fourth-order valence-electron chi connectivity index (χ4n) is 10.5. The van der Waals surface area contributed by atoms with Crippen molar-refractivity contribution in [2.45, 2.75) is 265 Å². The summed E-state index contributed by atoms with van der Waals surface area (Å²) >= 11 is 0. The Bertz CT molecular complexity index is 1580. The highest BCUT2D eigenvalue weighted by Gasteiger charge is 2.21. The third-order valence-electron chi connectivity index (χ3n) is 16.3. The number of hydrogen-bond donors (Lipinski definition) is 4. The fraction of sp³-hybridized carbons (Fsp3) is 0.925. The molecule has 4 unspecified atom stereocenters. The van der Waals surface area contributed by atoms with E-state index in [1.807, 2.05) is 21.6 Å². The summed E-state index contributed by atoms with van der Waals surface area (Å²) < 4.78 is 21.8. The molecule has 0 aliphatic carbocycles. The summed E-state index contributed by atoms with van der Waals surface area (Å²) in [7, 11) is 3.79. The molecule has 1 aliphatic rings. The van der Waals surface area contributed by atoms with Crippen LogP contribution in [-0.2, 0) is 42.9 Å². The molecule has 0 aromatic rings. The monoisotopic (exact) mass is 1260 g/mol. The van der Waals surface area contributed by atoms with E-state index in [4.69, 9.17) is 18.9 Å². The van der Waals surface area contributed by atoms with Gasteiger partial charge >= 0.3 is 23.9 Å². The van der Waals surface area contributed by atoms with Gasteiger partial charge in [0.05, 0.1) is 44.2 Å². The molecule has 1 saturated heterocycles. The van der Waals surface area contributed by atoms with E-state index >= 15 is 0 Å². The van der Waals surface area contributed by atoms with Crippen molar-refractivity contribution in [2.75, 3.05) is 116 Å². The van der Waals surface area contributed by atoms with Gasteiger partial charge in [-0.05, 0) is 108 Å². The van der Waals surface area contributed by atoms with Gasteiger partial charge in [0.2, 0.25) is 0 Å². The van der Waals surface area contributed by atoms with E-state index in [9.17, 15) is 44.4 Å². The zero-order valence-corrected chi connectivity index (χ0v) is 57.0. The van der Waals surface area contributed by atoms with Crippen molar-refractivity contribution in [1.29, 1.82) is 0 Å². The largest absolute Gasteiger partial charge is 0.466 e. The van der Waals surface area contributed by atoms with Gasteiger partial charge in [0.25, 0.3) is 0 Å². The average Bonchev–Trinajstić information content (AvgIpc) is 3.63. The summed E-state index contributed by atoms with van der Waals surface area (Å²) in [5, 5.41) is 44.1. The van der Waals surface area contributed by atoms with E-state index < -0.39 is 24.4 Å². The number of carbonyl (C=O) groups is 5. The lowest BCUT2D eigenvalue weighted by Crippen LogP contribution is -2.47. The lowest BCUT2D eigenvalue weighted by atomic mass is 10.1. The second kappa shape index (κ2) is 56.9. The Morgan fingerprint density at radius 3 is 1.22 bits per heavy atom. The number of esters is 4. The number of aliphatic hydroxyl groups is 4. The molecule has 86 heavy (non-hydrogen) atoms. The molecule has 1 aliphatic heterocycles. The van der Waals surface area contributed by atoms with Gasteiger partial charge in [-0.1, -0.05) is 153 Å². The minimum Gasteiger partial charge on any atom is -0.466 e. The zero-order chi connectivity index (χ0) is 63.3. The molecule has 0 amide bonds. The average molecular weight is 1260 g/mol. The number of carbonyl (C=O) groups excluding carboxylic acids is 5.